The monoisotopic (exact) mass is 129 g/mol. The highest BCUT2D eigenvalue weighted by molar-refractivity contribution is 7.46. The number of nitrogens with zero attached hydrogens (tertiary/aromatic N) is 2. The summed E-state index contributed by atoms with van der Waals surface area (Å²) in [5, 5.41) is 3.03. The third-order valence-electron chi connectivity index (χ3n) is 0.576. The van der Waals surface area contributed by atoms with Crippen LogP contribution in [0.4, 0.5) is 0 Å². The molecule has 1 amide bonds. The van der Waals surface area contributed by atoms with E-state index in [1.54, 1.807) is 0 Å². The van der Waals surface area contributed by atoms with Gasteiger partial charge in [0.05, 0.1) is 11.0 Å². The first-order valence-electron chi connectivity index (χ1n) is 1.89. The summed E-state index contributed by atoms with van der Waals surface area (Å²) in [4.78, 5) is 13.2. The molecule has 1 rings (SSSR count). The number of hydrogen-bond acceptors (Lipinski definition) is 2. The molecule has 0 saturated heterocycles. The third-order valence-corrected chi connectivity index (χ3v) is 1.25. The largest absolute Gasteiger partial charge is 0.537 e. The summed E-state index contributed by atoms with van der Waals surface area (Å²) in [5.41, 5.74) is 0. The van der Waals surface area contributed by atoms with Gasteiger partial charge in [0, 0.05) is 0 Å². The zero-order valence-corrected chi connectivity index (χ0v) is 4.71. The zero-order chi connectivity index (χ0) is 5.98. The summed E-state index contributed by atoms with van der Waals surface area (Å²) < 4.78 is 10.3. The van der Waals surface area contributed by atoms with Crippen molar-refractivity contribution in [1.82, 2.24) is 0 Å². The molecule has 0 spiro atoms. The topological polar surface area (TPSA) is 58.9 Å². The summed E-state index contributed by atoms with van der Waals surface area (Å²) in [6, 6.07) is 0. The van der Waals surface area contributed by atoms with Gasteiger partial charge in [-0.2, -0.15) is 0 Å². The Balaban J connectivity index is 2.83. The molecule has 8 heavy (non-hydrogen) atoms. The summed E-state index contributed by atoms with van der Waals surface area (Å²) in [6.45, 7) is 0. The van der Waals surface area contributed by atoms with Gasteiger partial charge in [0.1, 0.15) is 0 Å². The number of carbonyl (C=O) groups excluding carboxylic acids is 1. The van der Waals surface area contributed by atoms with E-state index in [0.717, 1.165) is 6.08 Å². The van der Waals surface area contributed by atoms with Gasteiger partial charge in [-0.15, -0.1) is 0 Å². The molecule has 0 saturated carbocycles. The van der Waals surface area contributed by atoms with Crippen LogP contribution in [0.3, 0.4) is 0 Å². The van der Waals surface area contributed by atoms with Crippen LogP contribution in [0.25, 0.3) is 0 Å². The van der Waals surface area contributed by atoms with Crippen molar-refractivity contribution in [2.75, 3.05) is 0 Å². The van der Waals surface area contributed by atoms with Crippen molar-refractivity contribution in [3.63, 3.8) is 0 Å². The van der Waals surface area contributed by atoms with E-state index in [9.17, 15) is 9.36 Å². The first-order valence-corrected chi connectivity index (χ1v) is 3.17. The fraction of sp³-hybridized carbons (Fsp3) is 0. The molecule has 0 radical (unpaired) electrons. The predicted molar refractivity (Wildman–Crippen MR) is 26.6 cm³/mol. The minimum absolute atomic E-state index is 0.445. The highest BCUT2D eigenvalue weighted by atomic mass is 31.1. The van der Waals surface area contributed by atoms with E-state index in [-0.39, 0.29) is 0 Å². The molecular weight excluding hydrogens is 127 g/mol. The highest BCUT2D eigenvalue weighted by Crippen LogP contribution is 2.26. The van der Waals surface area contributed by atoms with Crippen LogP contribution in [0.2, 0.25) is 0 Å². The van der Waals surface area contributed by atoms with Gasteiger partial charge >= 0.3 is 7.95 Å². The zero-order valence-electron chi connectivity index (χ0n) is 3.81. The van der Waals surface area contributed by atoms with E-state index in [2.05, 4.69) is 10.00 Å². The standard InChI is InChI=1S/C3H2N2O2P/c6-3-1-2-8(7)5-4-3/h1-2H/q+1. The minimum Gasteiger partial charge on any atom is -0.265 e. The van der Waals surface area contributed by atoms with Crippen molar-refractivity contribution in [2.45, 2.75) is 0 Å². The van der Waals surface area contributed by atoms with Crippen molar-refractivity contribution in [2.24, 2.45) is 10.00 Å². The van der Waals surface area contributed by atoms with Crippen LogP contribution < -0.4 is 0 Å². The van der Waals surface area contributed by atoms with Crippen LogP contribution in [0.15, 0.2) is 21.9 Å². The van der Waals surface area contributed by atoms with Crippen molar-refractivity contribution >= 4 is 13.9 Å². The molecule has 5 heteroatoms. The lowest BCUT2D eigenvalue weighted by molar-refractivity contribution is -0.113. The molecule has 1 aliphatic heterocycles. The molecule has 4 nitrogen and oxygen atoms in total. The quantitative estimate of drug-likeness (QED) is 0.462. The van der Waals surface area contributed by atoms with Crippen LogP contribution in [-0.4, -0.2) is 5.91 Å². The maximum absolute atomic E-state index is 10.3. The smallest absolute Gasteiger partial charge is 0.265 e. The Morgan fingerprint density at radius 2 is 2.38 bits per heavy atom. The Morgan fingerprint density at radius 1 is 1.62 bits per heavy atom. The second-order valence-electron chi connectivity index (χ2n) is 1.15. The van der Waals surface area contributed by atoms with E-state index in [0.29, 0.717) is 0 Å². The third kappa shape index (κ3) is 1.04. The van der Waals surface area contributed by atoms with Crippen molar-refractivity contribution in [3.05, 3.63) is 11.9 Å². The van der Waals surface area contributed by atoms with E-state index < -0.39 is 13.9 Å². The molecule has 1 heterocycles. The van der Waals surface area contributed by atoms with Crippen molar-refractivity contribution in [3.8, 4) is 0 Å². The SMILES string of the molecule is O=C1C=C[P+](=O)N=N1. The summed E-state index contributed by atoms with van der Waals surface area (Å²) in [7, 11) is -1.71. The van der Waals surface area contributed by atoms with Gasteiger partial charge in [0.25, 0.3) is 5.91 Å². The van der Waals surface area contributed by atoms with Crippen LogP contribution in [0, 0.1) is 0 Å². The van der Waals surface area contributed by atoms with Gasteiger partial charge in [0.15, 0.2) is 5.82 Å². The molecule has 0 fully saturated rings. The van der Waals surface area contributed by atoms with E-state index in [1.807, 2.05) is 0 Å². The summed E-state index contributed by atoms with van der Waals surface area (Å²) in [5.74, 6) is 0.782. The Hall–Kier alpha value is -0.890. The molecule has 40 valence electrons. The van der Waals surface area contributed by atoms with Gasteiger partial charge in [-0.05, 0) is 4.57 Å². The molecule has 0 aromatic carbocycles. The molecule has 0 N–H and O–H groups in total. The molecule has 0 aromatic heterocycles. The Morgan fingerprint density at radius 3 is 2.75 bits per heavy atom. The van der Waals surface area contributed by atoms with Gasteiger partial charge in [0.2, 0.25) is 0 Å². The minimum atomic E-state index is -1.71. The maximum Gasteiger partial charge on any atom is 0.537 e. The predicted octanol–water partition coefficient (Wildman–Crippen LogP) is 1.23. The number of rotatable bonds is 0. The lowest BCUT2D eigenvalue weighted by atomic mass is 10.6. The van der Waals surface area contributed by atoms with E-state index >= 15 is 0 Å². The number of hydrogen-bond donors (Lipinski definition) is 0. The lowest BCUT2D eigenvalue weighted by Gasteiger charge is -1.75. The normalized spacial score (nSPS) is 22.0. The molecule has 1 unspecified atom stereocenters. The fourth-order valence-corrected chi connectivity index (χ4v) is 0.770. The first-order chi connectivity index (χ1) is 3.79. The highest BCUT2D eigenvalue weighted by Gasteiger charge is 2.14. The van der Waals surface area contributed by atoms with Crippen LogP contribution in [0.5, 0.6) is 0 Å². The summed E-state index contributed by atoms with van der Waals surface area (Å²) >= 11 is 0. The number of amides is 1. The Kier molecular flexibility index (Phi) is 1.26. The molecule has 0 bridgehead atoms. The Bertz CT molecular complexity index is 157. The lowest BCUT2D eigenvalue weighted by Crippen LogP contribution is -1.84. The van der Waals surface area contributed by atoms with E-state index in [1.165, 1.54) is 5.82 Å². The van der Waals surface area contributed by atoms with Crippen LogP contribution in [-0.2, 0) is 9.36 Å². The van der Waals surface area contributed by atoms with E-state index in [4.69, 9.17) is 0 Å². The van der Waals surface area contributed by atoms with Crippen molar-refractivity contribution in [1.29, 1.82) is 0 Å². The van der Waals surface area contributed by atoms with Gasteiger partial charge in [-0.25, -0.2) is 0 Å². The fourth-order valence-electron chi connectivity index (χ4n) is 0.279. The average Bonchev–Trinajstić information content (AvgIpc) is 1.77. The first kappa shape index (κ1) is 5.25. The maximum atomic E-state index is 10.3. The van der Waals surface area contributed by atoms with Crippen molar-refractivity contribution < 1.29 is 9.36 Å². The van der Waals surface area contributed by atoms with Gasteiger partial charge in [-0.1, -0.05) is 5.11 Å². The van der Waals surface area contributed by atoms with Crippen LogP contribution >= 0.6 is 7.95 Å². The van der Waals surface area contributed by atoms with Gasteiger partial charge < -0.3 is 0 Å². The molecule has 1 aliphatic rings. The molecular formula is C3H2N2O2P+. The van der Waals surface area contributed by atoms with Gasteiger partial charge in [-0.3, -0.25) is 4.79 Å². The average molecular weight is 129 g/mol. The molecule has 0 aromatic rings. The summed E-state index contributed by atoms with van der Waals surface area (Å²) in [6.07, 6.45) is 1.14. The Labute approximate surface area is 46.1 Å². The van der Waals surface area contributed by atoms with Crippen LogP contribution in [0.1, 0.15) is 0 Å². The molecule has 0 aliphatic carbocycles. The number of carbonyl (C=O) groups is 1. The second kappa shape index (κ2) is 1.92. The molecule has 1 atom stereocenters. The second-order valence-corrected chi connectivity index (χ2v) is 2.23.